The minimum Gasteiger partial charge on any atom is -0.508 e. The number of phenolic OH excluding ortho intramolecular Hbond substituents is 1. The molecule has 1 fully saturated rings. The third-order valence-electron chi connectivity index (χ3n) is 3.80. The lowest BCUT2D eigenvalue weighted by molar-refractivity contribution is -0.121. The zero-order chi connectivity index (χ0) is 18.0. The Morgan fingerprint density at radius 3 is 2.24 bits per heavy atom. The molecule has 1 saturated heterocycles. The van der Waals surface area contributed by atoms with Crippen molar-refractivity contribution in [2.75, 3.05) is 15.5 Å². The number of rotatable bonds is 4. The molecule has 1 atom stereocenters. The van der Waals surface area contributed by atoms with Gasteiger partial charge in [0.25, 0.3) is 5.91 Å². The van der Waals surface area contributed by atoms with Crippen LogP contribution in [0.5, 0.6) is 5.75 Å². The molecule has 1 unspecified atom stereocenters. The van der Waals surface area contributed by atoms with Gasteiger partial charge in [0.2, 0.25) is 11.8 Å². The molecule has 7 nitrogen and oxygen atoms in total. The van der Waals surface area contributed by atoms with Crippen molar-refractivity contribution in [3.8, 4) is 5.75 Å². The highest BCUT2D eigenvalue weighted by molar-refractivity contribution is 6.23. The third kappa shape index (κ3) is 3.60. The van der Waals surface area contributed by atoms with E-state index in [9.17, 15) is 19.5 Å². The smallest absolute Gasteiger partial charge is 0.256 e. The van der Waals surface area contributed by atoms with E-state index in [2.05, 4.69) is 10.6 Å². The van der Waals surface area contributed by atoms with E-state index in [1.807, 2.05) is 0 Å². The molecular weight excluding hydrogens is 322 g/mol. The topological polar surface area (TPSA) is 98.7 Å². The van der Waals surface area contributed by atoms with Gasteiger partial charge in [0.15, 0.2) is 0 Å². The number of imide groups is 1. The summed E-state index contributed by atoms with van der Waals surface area (Å²) in [6.07, 6.45) is 0.0488. The van der Waals surface area contributed by atoms with E-state index in [1.54, 1.807) is 24.3 Å². The van der Waals surface area contributed by atoms with Gasteiger partial charge in [-0.05, 0) is 48.5 Å². The molecule has 0 aliphatic carbocycles. The summed E-state index contributed by atoms with van der Waals surface area (Å²) in [4.78, 5) is 36.9. The molecule has 7 heteroatoms. The minimum atomic E-state index is -0.659. The van der Waals surface area contributed by atoms with Crippen LogP contribution in [-0.2, 0) is 14.4 Å². The Kier molecular flexibility index (Phi) is 4.38. The van der Waals surface area contributed by atoms with Crippen molar-refractivity contribution in [3.63, 3.8) is 0 Å². The van der Waals surface area contributed by atoms with Gasteiger partial charge >= 0.3 is 0 Å². The first-order valence-electron chi connectivity index (χ1n) is 7.74. The van der Waals surface area contributed by atoms with Gasteiger partial charge in [-0.25, -0.2) is 4.90 Å². The molecule has 1 heterocycles. The molecule has 1 aliphatic heterocycles. The molecule has 0 spiro atoms. The molecule has 0 aromatic heterocycles. The molecule has 128 valence electrons. The summed E-state index contributed by atoms with van der Waals surface area (Å²) in [7, 11) is 0. The first kappa shape index (κ1) is 16.5. The lowest BCUT2D eigenvalue weighted by Crippen LogP contribution is -2.34. The van der Waals surface area contributed by atoms with Crippen LogP contribution >= 0.6 is 0 Å². The molecule has 2 aromatic rings. The fourth-order valence-electron chi connectivity index (χ4n) is 2.67. The number of hydrogen-bond acceptors (Lipinski definition) is 5. The monoisotopic (exact) mass is 339 g/mol. The summed E-state index contributed by atoms with van der Waals surface area (Å²) in [6.45, 7) is 1.42. The summed E-state index contributed by atoms with van der Waals surface area (Å²) < 4.78 is 0. The number of aromatic hydroxyl groups is 1. The SMILES string of the molecule is CC(=O)Nc1ccc(NC2CC(=O)N(c3ccc(O)cc3)C2=O)cc1. The molecule has 0 saturated carbocycles. The Morgan fingerprint density at radius 1 is 1.04 bits per heavy atom. The first-order chi connectivity index (χ1) is 11.9. The number of nitrogens with one attached hydrogen (secondary N) is 2. The van der Waals surface area contributed by atoms with E-state index in [1.165, 1.54) is 31.2 Å². The Labute approximate surface area is 144 Å². The highest BCUT2D eigenvalue weighted by atomic mass is 16.3. The average Bonchev–Trinajstić information content (AvgIpc) is 2.84. The Balaban J connectivity index is 1.71. The highest BCUT2D eigenvalue weighted by Crippen LogP contribution is 2.26. The maximum atomic E-state index is 12.5. The van der Waals surface area contributed by atoms with Crippen LogP contribution in [0.4, 0.5) is 17.1 Å². The number of amides is 3. The molecule has 0 bridgehead atoms. The van der Waals surface area contributed by atoms with Crippen LogP contribution in [0.15, 0.2) is 48.5 Å². The second-order valence-corrected chi connectivity index (χ2v) is 5.74. The van der Waals surface area contributed by atoms with Gasteiger partial charge in [-0.1, -0.05) is 0 Å². The van der Waals surface area contributed by atoms with Gasteiger partial charge in [0.05, 0.1) is 12.1 Å². The van der Waals surface area contributed by atoms with Crippen molar-refractivity contribution in [3.05, 3.63) is 48.5 Å². The fourth-order valence-corrected chi connectivity index (χ4v) is 2.67. The van der Waals surface area contributed by atoms with Crippen LogP contribution in [0.3, 0.4) is 0 Å². The third-order valence-corrected chi connectivity index (χ3v) is 3.80. The first-order valence-corrected chi connectivity index (χ1v) is 7.74. The normalized spacial score (nSPS) is 16.8. The maximum absolute atomic E-state index is 12.5. The quantitative estimate of drug-likeness (QED) is 0.741. The lowest BCUT2D eigenvalue weighted by atomic mass is 10.2. The number of benzene rings is 2. The van der Waals surface area contributed by atoms with E-state index >= 15 is 0 Å². The number of hydrogen-bond donors (Lipinski definition) is 3. The molecule has 2 aromatic carbocycles. The zero-order valence-corrected chi connectivity index (χ0v) is 13.5. The zero-order valence-electron chi connectivity index (χ0n) is 13.5. The van der Waals surface area contributed by atoms with Crippen molar-refractivity contribution >= 4 is 34.8 Å². The number of phenols is 1. The second kappa shape index (κ2) is 6.64. The van der Waals surface area contributed by atoms with Crippen LogP contribution in [0, 0.1) is 0 Å². The fraction of sp³-hybridized carbons (Fsp3) is 0.167. The maximum Gasteiger partial charge on any atom is 0.256 e. The van der Waals surface area contributed by atoms with Crippen molar-refractivity contribution in [2.24, 2.45) is 0 Å². The van der Waals surface area contributed by atoms with Crippen LogP contribution in [0.2, 0.25) is 0 Å². The Hall–Kier alpha value is -3.35. The van der Waals surface area contributed by atoms with E-state index in [0.717, 1.165) is 4.90 Å². The van der Waals surface area contributed by atoms with Crippen molar-refractivity contribution in [2.45, 2.75) is 19.4 Å². The molecule has 1 aliphatic rings. The number of carbonyl (C=O) groups excluding carboxylic acids is 3. The molecule has 25 heavy (non-hydrogen) atoms. The summed E-state index contributed by atoms with van der Waals surface area (Å²) in [5, 5.41) is 15.0. The Bertz CT molecular complexity index is 815. The van der Waals surface area contributed by atoms with Crippen LogP contribution in [0.25, 0.3) is 0 Å². The van der Waals surface area contributed by atoms with E-state index in [4.69, 9.17) is 0 Å². The summed E-state index contributed by atoms with van der Waals surface area (Å²) in [5.41, 5.74) is 1.75. The largest absolute Gasteiger partial charge is 0.508 e. The van der Waals surface area contributed by atoms with Gasteiger partial charge in [-0.15, -0.1) is 0 Å². The summed E-state index contributed by atoms with van der Waals surface area (Å²) in [5.74, 6) is -0.747. The minimum absolute atomic E-state index is 0.0488. The van der Waals surface area contributed by atoms with Crippen molar-refractivity contribution < 1.29 is 19.5 Å². The molecule has 0 radical (unpaired) electrons. The molecular formula is C18H17N3O4. The molecule has 3 N–H and O–H groups in total. The van der Waals surface area contributed by atoms with Gasteiger partial charge < -0.3 is 15.7 Å². The number of anilines is 3. The van der Waals surface area contributed by atoms with E-state index in [0.29, 0.717) is 17.1 Å². The van der Waals surface area contributed by atoms with Gasteiger partial charge in [0, 0.05) is 18.3 Å². The predicted octanol–water partition coefficient (Wildman–Crippen LogP) is 2.09. The van der Waals surface area contributed by atoms with Crippen LogP contribution in [-0.4, -0.2) is 28.9 Å². The predicted molar refractivity (Wildman–Crippen MR) is 93.4 cm³/mol. The standard InChI is InChI=1S/C18H17N3O4/c1-11(22)19-12-2-4-13(5-3-12)20-16-10-17(24)21(18(16)25)14-6-8-15(23)9-7-14/h2-9,16,20,23H,10H2,1H3,(H,19,22). The van der Waals surface area contributed by atoms with Crippen LogP contribution < -0.4 is 15.5 Å². The van der Waals surface area contributed by atoms with Crippen molar-refractivity contribution in [1.82, 2.24) is 0 Å². The summed E-state index contributed by atoms with van der Waals surface area (Å²) in [6, 6.07) is 12.1. The van der Waals surface area contributed by atoms with Crippen LogP contribution in [0.1, 0.15) is 13.3 Å². The van der Waals surface area contributed by atoms with Crippen molar-refractivity contribution in [1.29, 1.82) is 0 Å². The van der Waals surface area contributed by atoms with E-state index in [-0.39, 0.29) is 29.9 Å². The second-order valence-electron chi connectivity index (χ2n) is 5.74. The van der Waals surface area contributed by atoms with Gasteiger partial charge in [0.1, 0.15) is 11.8 Å². The van der Waals surface area contributed by atoms with Gasteiger partial charge in [-0.3, -0.25) is 14.4 Å². The lowest BCUT2D eigenvalue weighted by Gasteiger charge is -2.16. The summed E-state index contributed by atoms with van der Waals surface area (Å²) >= 11 is 0. The number of carbonyl (C=O) groups is 3. The molecule has 3 rings (SSSR count). The van der Waals surface area contributed by atoms with E-state index < -0.39 is 6.04 Å². The number of nitrogens with zero attached hydrogens (tertiary/aromatic N) is 1. The Morgan fingerprint density at radius 2 is 1.64 bits per heavy atom. The average molecular weight is 339 g/mol. The van der Waals surface area contributed by atoms with Gasteiger partial charge in [-0.2, -0.15) is 0 Å². The molecule has 3 amide bonds. The highest BCUT2D eigenvalue weighted by Gasteiger charge is 2.39.